The van der Waals surface area contributed by atoms with E-state index in [9.17, 15) is 4.79 Å². The van der Waals surface area contributed by atoms with Gasteiger partial charge in [0.2, 0.25) is 0 Å². The van der Waals surface area contributed by atoms with E-state index in [4.69, 9.17) is 5.73 Å². The van der Waals surface area contributed by atoms with Gasteiger partial charge in [0.25, 0.3) is 5.91 Å². The lowest BCUT2D eigenvalue weighted by molar-refractivity contribution is 0.0963. The first-order chi connectivity index (χ1) is 6.77. The van der Waals surface area contributed by atoms with E-state index in [0.29, 0.717) is 12.1 Å². The summed E-state index contributed by atoms with van der Waals surface area (Å²) in [7, 11) is 1.62. The SMILES string of the molecule is CNC(=O)c1ccc(C=CCN)cc1. The molecule has 0 aliphatic rings. The Morgan fingerprint density at radius 1 is 1.43 bits per heavy atom. The first kappa shape index (κ1) is 10.5. The number of hydrogen-bond donors (Lipinski definition) is 2. The van der Waals surface area contributed by atoms with Crippen LogP contribution in [0.5, 0.6) is 0 Å². The van der Waals surface area contributed by atoms with Gasteiger partial charge < -0.3 is 11.1 Å². The van der Waals surface area contributed by atoms with Gasteiger partial charge in [-0.05, 0) is 17.7 Å². The van der Waals surface area contributed by atoms with E-state index in [1.54, 1.807) is 19.2 Å². The number of benzene rings is 1. The fourth-order valence-corrected chi connectivity index (χ4v) is 1.09. The van der Waals surface area contributed by atoms with E-state index in [-0.39, 0.29) is 5.91 Å². The third-order valence-corrected chi connectivity index (χ3v) is 1.85. The van der Waals surface area contributed by atoms with Gasteiger partial charge in [-0.3, -0.25) is 4.79 Å². The number of carbonyl (C=O) groups is 1. The van der Waals surface area contributed by atoms with Gasteiger partial charge in [-0.15, -0.1) is 0 Å². The van der Waals surface area contributed by atoms with Crippen LogP contribution in [-0.4, -0.2) is 19.5 Å². The van der Waals surface area contributed by atoms with Crippen LogP contribution in [-0.2, 0) is 0 Å². The molecule has 14 heavy (non-hydrogen) atoms. The summed E-state index contributed by atoms with van der Waals surface area (Å²) < 4.78 is 0. The maximum Gasteiger partial charge on any atom is 0.251 e. The minimum absolute atomic E-state index is 0.0700. The third-order valence-electron chi connectivity index (χ3n) is 1.85. The summed E-state index contributed by atoms with van der Waals surface area (Å²) in [4.78, 5) is 11.2. The zero-order valence-corrected chi connectivity index (χ0v) is 8.16. The molecule has 1 aromatic carbocycles. The molecule has 3 heteroatoms. The molecule has 1 aromatic rings. The van der Waals surface area contributed by atoms with Crippen LogP contribution in [0.4, 0.5) is 0 Å². The number of hydrogen-bond acceptors (Lipinski definition) is 2. The average molecular weight is 190 g/mol. The van der Waals surface area contributed by atoms with E-state index in [1.165, 1.54) is 0 Å². The van der Waals surface area contributed by atoms with Crippen LogP contribution in [0.2, 0.25) is 0 Å². The maximum absolute atomic E-state index is 11.2. The van der Waals surface area contributed by atoms with E-state index in [2.05, 4.69) is 5.32 Å². The molecule has 0 bridgehead atoms. The second-order valence-electron chi connectivity index (χ2n) is 2.84. The molecule has 0 saturated carbocycles. The van der Waals surface area contributed by atoms with Crippen LogP contribution in [0, 0.1) is 0 Å². The Balaban J connectivity index is 2.78. The quantitative estimate of drug-likeness (QED) is 0.747. The zero-order valence-electron chi connectivity index (χ0n) is 8.16. The van der Waals surface area contributed by atoms with Gasteiger partial charge in [0.1, 0.15) is 0 Å². The van der Waals surface area contributed by atoms with Gasteiger partial charge in [-0.2, -0.15) is 0 Å². The van der Waals surface area contributed by atoms with Crippen LogP contribution in [0.25, 0.3) is 6.08 Å². The monoisotopic (exact) mass is 190 g/mol. The van der Waals surface area contributed by atoms with E-state index >= 15 is 0 Å². The molecule has 0 spiro atoms. The highest BCUT2D eigenvalue weighted by Gasteiger charge is 2.00. The van der Waals surface area contributed by atoms with Crippen LogP contribution < -0.4 is 11.1 Å². The number of nitrogens with one attached hydrogen (secondary N) is 1. The highest BCUT2D eigenvalue weighted by Crippen LogP contribution is 2.05. The van der Waals surface area contributed by atoms with Crippen molar-refractivity contribution in [2.75, 3.05) is 13.6 Å². The molecule has 74 valence electrons. The number of nitrogens with two attached hydrogens (primary N) is 1. The van der Waals surface area contributed by atoms with Crippen molar-refractivity contribution in [2.24, 2.45) is 5.73 Å². The molecule has 1 rings (SSSR count). The molecule has 0 atom stereocenters. The number of amides is 1. The number of rotatable bonds is 3. The predicted molar refractivity (Wildman–Crippen MR) is 57.9 cm³/mol. The van der Waals surface area contributed by atoms with Crippen LogP contribution in [0.15, 0.2) is 30.3 Å². The van der Waals surface area contributed by atoms with E-state index < -0.39 is 0 Å². The van der Waals surface area contributed by atoms with Crippen LogP contribution >= 0.6 is 0 Å². The number of carbonyl (C=O) groups excluding carboxylic acids is 1. The molecule has 0 heterocycles. The van der Waals surface area contributed by atoms with Gasteiger partial charge in [0.15, 0.2) is 0 Å². The first-order valence-corrected chi connectivity index (χ1v) is 4.46. The van der Waals surface area contributed by atoms with Crippen molar-refractivity contribution in [3.8, 4) is 0 Å². The lowest BCUT2D eigenvalue weighted by Gasteiger charge is -1.99. The molecular weight excluding hydrogens is 176 g/mol. The van der Waals surface area contributed by atoms with E-state index in [0.717, 1.165) is 5.56 Å². The van der Waals surface area contributed by atoms with Crippen molar-refractivity contribution < 1.29 is 4.79 Å². The molecule has 0 fully saturated rings. The summed E-state index contributed by atoms with van der Waals surface area (Å²) >= 11 is 0. The second-order valence-corrected chi connectivity index (χ2v) is 2.84. The van der Waals surface area contributed by atoms with Crippen LogP contribution in [0.3, 0.4) is 0 Å². The summed E-state index contributed by atoms with van der Waals surface area (Å²) in [6.45, 7) is 0.525. The molecule has 1 amide bonds. The minimum atomic E-state index is -0.0700. The molecule has 3 N–H and O–H groups in total. The minimum Gasteiger partial charge on any atom is -0.355 e. The smallest absolute Gasteiger partial charge is 0.251 e. The van der Waals surface area contributed by atoms with Gasteiger partial charge in [0.05, 0.1) is 0 Å². The van der Waals surface area contributed by atoms with Crippen molar-refractivity contribution in [1.29, 1.82) is 0 Å². The Morgan fingerprint density at radius 3 is 2.57 bits per heavy atom. The third kappa shape index (κ3) is 2.71. The van der Waals surface area contributed by atoms with Crippen molar-refractivity contribution >= 4 is 12.0 Å². The summed E-state index contributed by atoms with van der Waals surface area (Å²) in [5.74, 6) is -0.0700. The molecular formula is C11H14N2O. The highest BCUT2D eigenvalue weighted by atomic mass is 16.1. The Labute approximate surface area is 83.6 Å². The van der Waals surface area contributed by atoms with Crippen LogP contribution in [0.1, 0.15) is 15.9 Å². The fourth-order valence-electron chi connectivity index (χ4n) is 1.09. The topological polar surface area (TPSA) is 55.1 Å². The van der Waals surface area contributed by atoms with Crippen molar-refractivity contribution in [2.45, 2.75) is 0 Å². The van der Waals surface area contributed by atoms with Crippen molar-refractivity contribution in [3.63, 3.8) is 0 Å². The first-order valence-electron chi connectivity index (χ1n) is 4.46. The normalized spacial score (nSPS) is 10.4. The molecule has 0 unspecified atom stereocenters. The van der Waals surface area contributed by atoms with Gasteiger partial charge in [-0.1, -0.05) is 24.3 Å². The molecule has 3 nitrogen and oxygen atoms in total. The molecule has 0 aliphatic heterocycles. The Bertz CT molecular complexity index is 328. The second kappa shape index (κ2) is 5.19. The summed E-state index contributed by atoms with van der Waals surface area (Å²) in [5, 5.41) is 2.57. The maximum atomic E-state index is 11.2. The average Bonchev–Trinajstić information content (AvgIpc) is 2.26. The summed E-state index contributed by atoms with van der Waals surface area (Å²) in [5.41, 5.74) is 7.03. The lowest BCUT2D eigenvalue weighted by atomic mass is 10.1. The Hall–Kier alpha value is -1.61. The highest BCUT2D eigenvalue weighted by molar-refractivity contribution is 5.94. The van der Waals surface area contributed by atoms with Crippen molar-refractivity contribution in [1.82, 2.24) is 5.32 Å². The van der Waals surface area contributed by atoms with Gasteiger partial charge in [0, 0.05) is 19.2 Å². The standard InChI is InChI=1S/C11H14N2O/c1-13-11(14)10-6-4-9(5-7-10)3-2-8-12/h2-7H,8,12H2,1H3,(H,13,14). The Morgan fingerprint density at radius 2 is 2.07 bits per heavy atom. The largest absolute Gasteiger partial charge is 0.355 e. The summed E-state index contributed by atoms with van der Waals surface area (Å²) in [6, 6.07) is 7.34. The van der Waals surface area contributed by atoms with Gasteiger partial charge in [-0.25, -0.2) is 0 Å². The summed E-state index contributed by atoms with van der Waals surface area (Å²) in [6.07, 6.45) is 3.79. The van der Waals surface area contributed by atoms with E-state index in [1.807, 2.05) is 24.3 Å². The zero-order chi connectivity index (χ0) is 10.4. The lowest BCUT2D eigenvalue weighted by Crippen LogP contribution is -2.17. The van der Waals surface area contributed by atoms with Crippen molar-refractivity contribution in [3.05, 3.63) is 41.5 Å². The fraction of sp³-hybridized carbons (Fsp3) is 0.182. The molecule has 0 saturated heterocycles. The van der Waals surface area contributed by atoms with Gasteiger partial charge >= 0.3 is 0 Å². The molecule has 0 aliphatic carbocycles. The predicted octanol–water partition coefficient (Wildman–Crippen LogP) is 1.02. The molecule has 0 aromatic heterocycles. The Kier molecular flexibility index (Phi) is 3.88. The molecule has 0 radical (unpaired) electrons.